The van der Waals surface area contributed by atoms with Gasteiger partial charge in [-0.25, -0.2) is 17.1 Å². The van der Waals surface area contributed by atoms with Gasteiger partial charge in [0, 0.05) is 30.7 Å². The number of halogens is 1. The molecule has 1 aliphatic heterocycles. The lowest BCUT2D eigenvalue weighted by atomic mass is 10.0. The average Bonchev–Trinajstić information content (AvgIpc) is 2.41. The molecule has 0 radical (unpaired) electrons. The number of aromatic hydroxyl groups is 1. The zero-order valence-electron chi connectivity index (χ0n) is 12.2. The Morgan fingerprint density at radius 1 is 1.38 bits per heavy atom. The fourth-order valence-corrected chi connectivity index (χ4v) is 3.54. The number of hydrogen-bond acceptors (Lipinski definition) is 4. The molecular weight excluding hydrogens is 295 g/mol. The van der Waals surface area contributed by atoms with E-state index in [1.165, 1.54) is 28.8 Å². The largest absolute Gasteiger partial charge is 0.508 e. The second-order valence-electron chi connectivity index (χ2n) is 5.53. The minimum Gasteiger partial charge on any atom is -0.508 e. The lowest BCUT2D eigenvalue weighted by molar-refractivity contribution is 0.277. The fraction of sp³-hybridized carbons (Fsp3) is 0.571. The van der Waals surface area contributed by atoms with Gasteiger partial charge in [-0.15, -0.1) is 0 Å². The molecule has 1 saturated heterocycles. The zero-order valence-corrected chi connectivity index (χ0v) is 13.0. The van der Waals surface area contributed by atoms with Crippen LogP contribution in [0.15, 0.2) is 18.2 Å². The van der Waals surface area contributed by atoms with Crippen molar-refractivity contribution in [3.05, 3.63) is 29.6 Å². The van der Waals surface area contributed by atoms with Crippen LogP contribution in [0.3, 0.4) is 0 Å². The minimum absolute atomic E-state index is 0.0602. The maximum absolute atomic E-state index is 13.3. The molecule has 1 unspecified atom stereocenters. The lowest BCUT2D eigenvalue weighted by Crippen LogP contribution is -2.45. The Kier molecular flexibility index (Phi) is 4.85. The van der Waals surface area contributed by atoms with E-state index in [0.717, 1.165) is 0 Å². The number of sulfonamides is 1. The number of rotatable bonds is 4. The summed E-state index contributed by atoms with van der Waals surface area (Å²) in [5.41, 5.74) is 0.514. The molecule has 0 bridgehead atoms. The van der Waals surface area contributed by atoms with Gasteiger partial charge in [-0.3, -0.25) is 0 Å². The van der Waals surface area contributed by atoms with Crippen LogP contribution >= 0.6 is 0 Å². The molecule has 1 fully saturated rings. The van der Waals surface area contributed by atoms with Crippen LogP contribution in [0, 0.1) is 5.82 Å². The van der Waals surface area contributed by atoms with Gasteiger partial charge >= 0.3 is 0 Å². The summed E-state index contributed by atoms with van der Waals surface area (Å²) in [6.45, 7) is 2.83. The normalized spacial score (nSPS) is 19.6. The molecule has 21 heavy (non-hydrogen) atoms. The molecular formula is C14H21FN2O3S. The summed E-state index contributed by atoms with van der Waals surface area (Å²) in [6, 6.07) is 3.83. The molecule has 2 rings (SSSR count). The second-order valence-corrected chi connectivity index (χ2v) is 7.51. The van der Waals surface area contributed by atoms with Gasteiger partial charge in [0.15, 0.2) is 0 Å². The van der Waals surface area contributed by atoms with Crippen molar-refractivity contribution in [3.63, 3.8) is 0 Å². The van der Waals surface area contributed by atoms with E-state index in [4.69, 9.17) is 0 Å². The van der Waals surface area contributed by atoms with Crippen molar-refractivity contribution in [2.24, 2.45) is 0 Å². The summed E-state index contributed by atoms with van der Waals surface area (Å²) in [6.07, 6.45) is 2.62. The van der Waals surface area contributed by atoms with E-state index in [1.54, 1.807) is 0 Å². The Bertz CT molecular complexity index is 598. The Morgan fingerprint density at radius 3 is 2.57 bits per heavy atom. The van der Waals surface area contributed by atoms with Crippen molar-refractivity contribution in [2.45, 2.75) is 31.8 Å². The van der Waals surface area contributed by atoms with E-state index in [-0.39, 0.29) is 23.7 Å². The summed E-state index contributed by atoms with van der Waals surface area (Å²) >= 11 is 0. The molecule has 0 saturated carbocycles. The third-order valence-corrected chi connectivity index (χ3v) is 5.17. The molecule has 1 aromatic rings. The number of nitrogens with one attached hydrogen (secondary N) is 1. The third kappa shape index (κ3) is 4.15. The van der Waals surface area contributed by atoms with Gasteiger partial charge in [0.1, 0.15) is 11.6 Å². The highest BCUT2D eigenvalue weighted by atomic mass is 32.2. The molecule has 2 N–H and O–H groups in total. The number of benzene rings is 1. The predicted molar refractivity (Wildman–Crippen MR) is 79.1 cm³/mol. The van der Waals surface area contributed by atoms with Crippen LogP contribution in [0.5, 0.6) is 5.75 Å². The maximum Gasteiger partial charge on any atom is 0.211 e. The van der Waals surface area contributed by atoms with E-state index in [2.05, 4.69) is 5.32 Å². The number of piperidine rings is 1. The number of hydrogen-bond donors (Lipinski definition) is 2. The summed E-state index contributed by atoms with van der Waals surface area (Å²) in [7, 11) is -3.13. The van der Waals surface area contributed by atoms with Crippen LogP contribution in [0.4, 0.5) is 4.39 Å². The van der Waals surface area contributed by atoms with Crippen molar-refractivity contribution < 1.29 is 17.9 Å². The predicted octanol–water partition coefficient (Wildman–Crippen LogP) is 1.61. The van der Waals surface area contributed by atoms with Gasteiger partial charge < -0.3 is 10.4 Å². The smallest absolute Gasteiger partial charge is 0.211 e. The van der Waals surface area contributed by atoms with Crippen LogP contribution < -0.4 is 5.32 Å². The molecule has 0 spiro atoms. The van der Waals surface area contributed by atoms with E-state index >= 15 is 0 Å². The highest BCUT2D eigenvalue weighted by Crippen LogP contribution is 2.26. The Balaban J connectivity index is 1.96. The standard InChI is InChI=1S/C14H21FN2O3S/c1-10(13-9-11(15)3-4-14(13)18)16-12-5-7-17(8-6-12)21(2,19)20/h3-4,9-10,12,16,18H,5-8H2,1-2H3. The first-order chi connectivity index (χ1) is 9.77. The van der Waals surface area contributed by atoms with Gasteiger partial charge in [0.25, 0.3) is 0 Å². The van der Waals surface area contributed by atoms with E-state index in [0.29, 0.717) is 31.5 Å². The monoisotopic (exact) mass is 316 g/mol. The van der Waals surface area contributed by atoms with Gasteiger partial charge in [-0.2, -0.15) is 0 Å². The van der Waals surface area contributed by atoms with Crippen LogP contribution in [0.1, 0.15) is 31.4 Å². The van der Waals surface area contributed by atoms with E-state index in [9.17, 15) is 17.9 Å². The second kappa shape index (κ2) is 6.29. The van der Waals surface area contributed by atoms with Crippen LogP contribution in [0.25, 0.3) is 0 Å². The molecule has 1 atom stereocenters. The van der Waals surface area contributed by atoms with E-state index in [1.807, 2.05) is 6.92 Å². The van der Waals surface area contributed by atoms with Crippen LogP contribution in [-0.2, 0) is 10.0 Å². The summed E-state index contributed by atoms with van der Waals surface area (Å²) in [5.74, 6) is -0.326. The topological polar surface area (TPSA) is 69.6 Å². The molecule has 118 valence electrons. The first-order valence-electron chi connectivity index (χ1n) is 6.97. The SMILES string of the molecule is CC(NC1CCN(S(C)(=O)=O)CC1)c1cc(F)ccc1O. The van der Waals surface area contributed by atoms with Gasteiger partial charge in [0.2, 0.25) is 10.0 Å². The van der Waals surface area contributed by atoms with Crippen molar-refractivity contribution in [2.75, 3.05) is 19.3 Å². The van der Waals surface area contributed by atoms with Crippen molar-refractivity contribution in [1.82, 2.24) is 9.62 Å². The molecule has 1 heterocycles. The molecule has 1 aliphatic rings. The highest BCUT2D eigenvalue weighted by Gasteiger charge is 2.26. The van der Waals surface area contributed by atoms with Gasteiger partial charge in [-0.1, -0.05) is 0 Å². The first kappa shape index (κ1) is 16.2. The summed E-state index contributed by atoms with van der Waals surface area (Å²) in [4.78, 5) is 0. The zero-order chi connectivity index (χ0) is 15.6. The van der Waals surface area contributed by atoms with Gasteiger partial charge in [-0.05, 0) is 38.0 Å². The van der Waals surface area contributed by atoms with Crippen LogP contribution in [0.2, 0.25) is 0 Å². The quantitative estimate of drug-likeness (QED) is 0.885. The third-order valence-electron chi connectivity index (χ3n) is 3.86. The number of phenolic OH excluding ortho intramolecular Hbond substituents is 1. The van der Waals surface area contributed by atoms with Gasteiger partial charge in [0.05, 0.1) is 6.26 Å². The molecule has 0 aliphatic carbocycles. The fourth-order valence-electron chi connectivity index (χ4n) is 2.67. The summed E-state index contributed by atoms with van der Waals surface area (Å²) < 4.78 is 37.6. The first-order valence-corrected chi connectivity index (χ1v) is 8.82. The van der Waals surface area contributed by atoms with Crippen LogP contribution in [-0.4, -0.2) is 43.2 Å². The number of phenols is 1. The highest BCUT2D eigenvalue weighted by molar-refractivity contribution is 7.88. The average molecular weight is 316 g/mol. The van der Waals surface area contributed by atoms with Crippen molar-refractivity contribution in [1.29, 1.82) is 0 Å². The molecule has 1 aromatic carbocycles. The summed E-state index contributed by atoms with van der Waals surface area (Å²) in [5, 5.41) is 13.1. The van der Waals surface area contributed by atoms with E-state index < -0.39 is 10.0 Å². The number of nitrogens with zero attached hydrogens (tertiary/aromatic N) is 1. The molecule has 5 nitrogen and oxygen atoms in total. The lowest BCUT2D eigenvalue weighted by Gasteiger charge is -2.32. The Morgan fingerprint density at radius 2 is 2.00 bits per heavy atom. The Hall–Kier alpha value is -1.18. The minimum atomic E-state index is -3.13. The maximum atomic E-state index is 13.3. The molecule has 0 amide bonds. The Labute approximate surface area is 124 Å². The molecule has 0 aromatic heterocycles. The van der Waals surface area contributed by atoms with Crippen molar-refractivity contribution in [3.8, 4) is 5.75 Å². The van der Waals surface area contributed by atoms with Crippen molar-refractivity contribution >= 4 is 10.0 Å². The molecule has 7 heteroatoms.